The second-order valence-electron chi connectivity index (χ2n) is 4.11. The van der Waals surface area contributed by atoms with E-state index in [9.17, 15) is 13.6 Å². The van der Waals surface area contributed by atoms with Crippen LogP contribution in [0.3, 0.4) is 0 Å². The third kappa shape index (κ3) is 1.91. The summed E-state index contributed by atoms with van der Waals surface area (Å²) in [4.78, 5) is 14.0. The van der Waals surface area contributed by atoms with E-state index < -0.39 is 11.6 Å². The Balaban J connectivity index is 2.12. The molecule has 0 saturated heterocycles. The van der Waals surface area contributed by atoms with Crippen LogP contribution in [0.25, 0.3) is 10.9 Å². The lowest BCUT2D eigenvalue weighted by atomic mass is 10.2. The number of fused-ring (bicyclic) bond motifs is 1. The molecule has 1 aromatic carbocycles. The van der Waals surface area contributed by atoms with Crippen LogP contribution in [0.15, 0.2) is 41.5 Å². The van der Waals surface area contributed by atoms with Crippen molar-refractivity contribution in [2.24, 2.45) is 0 Å². The molecule has 0 spiro atoms. The lowest BCUT2D eigenvalue weighted by Crippen LogP contribution is -2.08. The van der Waals surface area contributed by atoms with Crippen molar-refractivity contribution in [2.75, 3.05) is 0 Å². The van der Waals surface area contributed by atoms with Gasteiger partial charge in [0.25, 0.3) is 5.56 Å². The Morgan fingerprint density at radius 2 is 1.95 bits per heavy atom. The van der Waals surface area contributed by atoms with Gasteiger partial charge < -0.3 is 4.98 Å². The maximum atomic E-state index is 13.6. The van der Waals surface area contributed by atoms with Gasteiger partial charge in [0.15, 0.2) is 0 Å². The van der Waals surface area contributed by atoms with E-state index in [4.69, 9.17) is 0 Å². The molecule has 0 radical (unpaired) electrons. The summed E-state index contributed by atoms with van der Waals surface area (Å²) < 4.78 is 28.5. The number of halogens is 2. The lowest BCUT2D eigenvalue weighted by molar-refractivity contribution is 0.537. The average Bonchev–Trinajstić information content (AvgIpc) is 2.79. The quantitative estimate of drug-likeness (QED) is 0.767. The molecule has 2 heterocycles. The Morgan fingerprint density at radius 3 is 2.68 bits per heavy atom. The van der Waals surface area contributed by atoms with Gasteiger partial charge in [-0.1, -0.05) is 6.07 Å². The van der Waals surface area contributed by atoms with Crippen molar-refractivity contribution in [1.82, 2.24) is 14.8 Å². The molecule has 1 N–H and O–H groups in total. The Bertz CT molecular complexity index is 787. The maximum absolute atomic E-state index is 13.6. The molecule has 96 valence electrons. The number of hydrogen-bond donors (Lipinski definition) is 1. The van der Waals surface area contributed by atoms with Crippen LogP contribution in [0.1, 0.15) is 5.56 Å². The highest BCUT2D eigenvalue weighted by atomic mass is 19.1. The molecule has 0 unspecified atom stereocenters. The second-order valence-corrected chi connectivity index (χ2v) is 4.11. The highest BCUT2D eigenvalue weighted by Gasteiger charge is 2.12. The summed E-state index contributed by atoms with van der Waals surface area (Å²) in [6.07, 6.45) is 2.85. The molecule has 2 aromatic heterocycles. The van der Waals surface area contributed by atoms with Gasteiger partial charge in [-0.2, -0.15) is 5.10 Å². The minimum absolute atomic E-state index is 0.0640. The molecular formula is C13H9F2N3O. The van der Waals surface area contributed by atoms with Crippen molar-refractivity contribution in [3.63, 3.8) is 0 Å². The first-order valence-corrected chi connectivity index (χ1v) is 5.63. The number of aromatic nitrogens is 3. The number of benzene rings is 1. The number of hydrogen-bond acceptors (Lipinski definition) is 2. The van der Waals surface area contributed by atoms with Gasteiger partial charge in [0, 0.05) is 11.8 Å². The van der Waals surface area contributed by atoms with E-state index in [1.807, 2.05) is 0 Å². The monoisotopic (exact) mass is 261 g/mol. The van der Waals surface area contributed by atoms with Gasteiger partial charge >= 0.3 is 0 Å². The van der Waals surface area contributed by atoms with Crippen molar-refractivity contribution in [3.05, 3.63) is 64.2 Å². The van der Waals surface area contributed by atoms with E-state index in [0.717, 1.165) is 0 Å². The van der Waals surface area contributed by atoms with E-state index in [1.54, 1.807) is 6.07 Å². The molecule has 0 amide bonds. The standard InChI is InChI=1S/C13H9F2N3O/c14-10-2-1-3-11(15)9(10)7-18-12-4-5-16-13(19)8(12)6-17-18/h1-6H,7H2,(H,16,19). The zero-order valence-electron chi connectivity index (χ0n) is 9.73. The highest BCUT2D eigenvalue weighted by Crippen LogP contribution is 2.16. The Hall–Kier alpha value is -2.50. The van der Waals surface area contributed by atoms with Crippen LogP contribution >= 0.6 is 0 Å². The van der Waals surface area contributed by atoms with Gasteiger partial charge in [0.2, 0.25) is 0 Å². The molecule has 0 bridgehead atoms. The molecule has 0 saturated carbocycles. The average molecular weight is 261 g/mol. The molecule has 0 atom stereocenters. The number of nitrogens with one attached hydrogen (secondary N) is 1. The predicted octanol–water partition coefficient (Wildman–Crippen LogP) is 2.05. The fraction of sp³-hybridized carbons (Fsp3) is 0.0769. The van der Waals surface area contributed by atoms with Gasteiger partial charge in [0.05, 0.1) is 23.6 Å². The Kier molecular flexibility index (Phi) is 2.63. The first-order chi connectivity index (χ1) is 9.16. The molecule has 0 aliphatic rings. The first-order valence-electron chi connectivity index (χ1n) is 5.63. The van der Waals surface area contributed by atoms with Crippen LogP contribution in [-0.2, 0) is 6.54 Å². The van der Waals surface area contributed by atoms with E-state index in [2.05, 4.69) is 10.1 Å². The van der Waals surface area contributed by atoms with Gasteiger partial charge in [-0.05, 0) is 18.2 Å². The number of H-pyrrole nitrogens is 1. The predicted molar refractivity (Wildman–Crippen MR) is 65.8 cm³/mol. The summed E-state index contributed by atoms with van der Waals surface area (Å²) in [6.45, 7) is -0.0640. The summed E-state index contributed by atoms with van der Waals surface area (Å²) in [7, 11) is 0. The molecule has 3 rings (SSSR count). The van der Waals surface area contributed by atoms with E-state index in [1.165, 1.54) is 35.3 Å². The molecule has 0 aliphatic carbocycles. The molecule has 0 fully saturated rings. The normalized spacial score (nSPS) is 11.1. The van der Waals surface area contributed by atoms with Gasteiger partial charge in [-0.3, -0.25) is 9.48 Å². The van der Waals surface area contributed by atoms with Crippen LogP contribution in [-0.4, -0.2) is 14.8 Å². The van der Waals surface area contributed by atoms with E-state index >= 15 is 0 Å². The molecular weight excluding hydrogens is 252 g/mol. The number of nitrogens with zero attached hydrogens (tertiary/aromatic N) is 2. The van der Waals surface area contributed by atoms with E-state index in [-0.39, 0.29) is 17.7 Å². The van der Waals surface area contributed by atoms with Gasteiger partial charge in [-0.15, -0.1) is 0 Å². The zero-order chi connectivity index (χ0) is 13.4. The summed E-state index contributed by atoms with van der Waals surface area (Å²) in [5, 5.41) is 4.39. The number of rotatable bonds is 2. The summed E-state index contributed by atoms with van der Waals surface area (Å²) in [5.74, 6) is -1.26. The molecule has 0 aliphatic heterocycles. The molecule has 4 nitrogen and oxygen atoms in total. The molecule has 19 heavy (non-hydrogen) atoms. The Morgan fingerprint density at radius 1 is 1.21 bits per heavy atom. The molecule has 6 heteroatoms. The van der Waals surface area contributed by atoms with Crippen LogP contribution in [0.2, 0.25) is 0 Å². The van der Waals surface area contributed by atoms with Crippen molar-refractivity contribution < 1.29 is 8.78 Å². The summed E-state index contributed by atoms with van der Waals surface area (Å²) in [5.41, 5.74) is 0.178. The van der Waals surface area contributed by atoms with E-state index in [0.29, 0.717) is 10.9 Å². The van der Waals surface area contributed by atoms with Crippen LogP contribution < -0.4 is 5.56 Å². The highest BCUT2D eigenvalue weighted by molar-refractivity contribution is 5.77. The summed E-state index contributed by atoms with van der Waals surface area (Å²) >= 11 is 0. The van der Waals surface area contributed by atoms with Crippen LogP contribution in [0, 0.1) is 11.6 Å². The van der Waals surface area contributed by atoms with Crippen LogP contribution in [0.5, 0.6) is 0 Å². The second kappa shape index (κ2) is 4.31. The van der Waals surface area contributed by atoms with Crippen molar-refractivity contribution in [3.8, 4) is 0 Å². The largest absolute Gasteiger partial charge is 0.328 e. The Labute approximate surface area is 106 Å². The zero-order valence-corrected chi connectivity index (χ0v) is 9.73. The van der Waals surface area contributed by atoms with Crippen molar-refractivity contribution in [1.29, 1.82) is 0 Å². The van der Waals surface area contributed by atoms with Crippen molar-refractivity contribution >= 4 is 10.9 Å². The SMILES string of the molecule is O=c1[nH]ccc2c1cnn2Cc1c(F)cccc1F. The minimum atomic E-state index is -0.631. The first kappa shape index (κ1) is 11.6. The fourth-order valence-electron chi connectivity index (χ4n) is 1.98. The topological polar surface area (TPSA) is 50.7 Å². The third-order valence-electron chi connectivity index (χ3n) is 2.95. The van der Waals surface area contributed by atoms with Gasteiger partial charge in [-0.25, -0.2) is 8.78 Å². The molecule has 3 aromatic rings. The summed E-state index contributed by atoms with van der Waals surface area (Å²) in [6, 6.07) is 5.33. The van der Waals surface area contributed by atoms with Crippen LogP contribution in [0.4, 0.5) is 8.78 Å². The fourth-order valence-corrected chi connectivity index (χ4v) is 1.98. The smallest absolute Gasteiger partial charge is 0.259 e. The lowest BCUT2D eigenvalue weighted by Gasteiger charge is -2.06. The minimum Gasteiger partial charge on any atom is -0.328 e. The van der Waals surface area contributed by atoms with Crippen molar-refractivity contribution in [2.45, 2.75) is 6.54 Å². The third-order valence-corrected chi connectivity index (χ3v) is 2.95. The maximum Gasteiger partial charge on any atom is 0.259 e. The number of aromatic amines is 1. The number of pyridine rings is 1. The van der Waals surface area contributed by atoms with Gasteiger partial charge in [0.1, 0.15) is 11.6 Å².